The van der Waals surface area contributed by atoms with Gasteiger partial charge in [0.15, 0.2) is 8.07 Å². The zero-order chi connectivity index (χ0) is 32.5. The first kappa shape index (κ1) is 29.0. The van der Waals surface area contributed by atoms with E-state index in [1.54, 1.807) is 6.07 Å². The van der Waals surface area contributed by atoms with Gasteiger partial charge in [0.25, 0.3) is 0 Å². The lowest BCUT2D eigenvalue weighted by Crippen LogP contribution is -2.75. The molecule has 0 amide bonds. The van der Waals surface area contributed by atoms with Crippen molar-refractivity contribution in [2.24, 2.45) is 0 Å². The van der Waals surface area contributed by atoms with Gasteiger partial charge in [0.2, 0.25) is 0 Å². The predicted octanol–water partition coefficient (Wildman–Crippen LogP) is 7.57. The van der Waals surface area contributed by atoms with Gasteiger partial charge in [0.1, 0.15) is 6.07 Å². The molecule has 0 spiro atoms. The summed E-state index contributed by atoms with van der Waals surface area (Å²) in [5.41, 5.74) is 5.56. The molecule has 0 radical (unpaired) electrons. The molecule has 8 aromatic rings. The summed E-state index contributed by atoms with van der Waals surface area (Å²) in [6.45, 7) is 0. The second kappa shape index (κ2) is 12.0. The van der Waals surface area contributed by atoms with Crippen LogP contribution in [0.2, 0.25) is 0 Å². The fraction of sp³-hybridized carbons (Fsp3) is 0. The van der Waals surface area contributed by atoms with Gasteiger partial charge < -0.3 is 4.57 Å². The first-order valence-corrected chi connectivity index (χ1v) is 18.0. The van der Waals surface area contributed by atoms with Crippen molar-refractivity contribution in [2.45, 2.75) is 0 Å². The van der Waals surface area contributed by atoms with Crippen molar-refractivity contribution >= 4 is 50.6 Å². The SMILES string of the molecule is N#Cc1cc(C#N)c(-n2c3ccccc3c3ccccc32)c(-c2ccccc2[Si](c2ccccc2)(c2ccccc2)c2ccccc2)c1. The maximum atomic E-state index is 10.8. The highest BCUT2D eigenvalue weighted by Gasteiger charge is 2.43. The smallest absolute Gasteiger partial charge is 0.180 e. The molecular formula is C44H29N3Si. The molecule has 1 aromatic heterocycles. The Hall–Kier alpha value is -6.46. The lowest BCUT2D eigenvalue weighted by molar-refractivity contribution is 1.17. The van der Waals surface area contributed by atoms with E-state index in [1.165, 1.54) is 20.7 Å². The third kappa shape index (κ3) is 4.48. The Balaban J connectivity index is 1.56. The molecule has 4 heteroatoms. The van der Waals surface area contributed by atoms with Crippen LogP contribution in [0.1, 0.15) is 11.1 Å². The van der Waals surface area contributed by atoms with Gasteiger partial charge in [-0.05, 0) is 50.6 Å². The van der Waals surface area contributed by atoms with Gasteiger partial charge in [-0.3, -0.25) is 0 Å². The molecular weight excluding hydrogens is 599 g/mol. The van der Waals surface area contributed by atoms with E-state index in [2.05, 4.69) is 168 Å². The Kier molecular flexibility index (Phi) is 7.27. The largest absolute Gasteiger partial charge is 0.307 e. The van der Waals surface area contributed by atoms with Crippen molar-refractivity contribution in [1.29, 1.82) is 10.5 Å². The maximum Gasteiger partial charge on any atom is 0.180 e. The second-order valence-electron chi connectivity index (χ2n) is 11.9. The van der Waals surface area contributed by atoms with Gasteiger partial charge in [-0.25, -0.2) is 0 Å². The first-order chi connectivity index (χ1) is 23.8. The molecule has 3 nitrogen and oxygen atoms in total. The van der Waals surface area contributed by atoms with Crippen molar-refractivity contribution < 1.29 is 0 Å². The standard InChI is InChI=1S/C44H29N3Si/c45-30-32-28-33(31-46)44(47-41-25-13-10-22-37(41)38-23-11-14-26-42(38)47)40(29-32)39-24-12-15-27-43(39)48(34-16-4-1-5-17-34,35-18-6-2-7-19-35)36-20-8-3-9-21-36/h1-29H. The minimum Gasteiger partial charge on any atom is -0.307 e. The number of hydrogen-bond acceptors (Lipinski definition) is 2. The molecule has 0 N–H and O–H groups in total. The Morgan fingerprint density at radius 3 is 1.40 bits per heavy atom. The average Bonchev–Trinajstić information content (AvgIpc) is 3.50. The molecule has 1 heterocycles. The van der Waals surface area contributed by atoms with E-state index in [4.69, 9.17) is 0 Å². The Labute approximate surface area is 280 Å². The van der Waals surface area contributed by atoms with Gasteiger partial charge in [0, 0.05) is 16.3 Å². The van der Waals surface area contributed by atoms with E-state index in [-0.39, 0.29) is 0 Å². The highest BCUT2D eigenvalue weighted by Crippen LogP contribution is 2.38. The van der Waals surface area contributed by atoms with Gasteiger partial charge in [-0.1, -0.05) is 152 Å². The number of hydrogen-bond donors (Lipinski definition) is 0. The Bertz CT molecular complexity index is 2370. The maximum absolute atomic E-state index is 10.8. The van der Waals surface area contributed by atoms with Crippen LogP contribution in [0.25, 0.3) is 38.6 Å². The summed E-state index contributed by atoms with van der Waals surface area (Å²) < 4.78 is 2.22. The van der Waals surface area contributed by atoms with Crippen LogP contribution in [0.3, 0.4) is 0 Å². The lowest BCUT2D eigenvalue weighted by Gasteiger charge is -2.36. The molecule has 0 saturated heterocycles. The summed E-state index contributed by atoms with van der Waals surface area (Å²) in [5.74, 6) is 0. The van der Waals surface area contributed by atoms with Gasteiger partial charge >= 0.3 is 0 Å². The van der Waals surface area contributed by atoms with Crippen LogP contribution in [-0.2, 0) is 0 Å². The third-order valence-corrected chi connectivity index (χ3v) is 14.2. The normalized spacial score (nSPS) is 11.3. The predicted molar refractivity (Wildman–Crippen MR) is 199 cm³/mol. The number of fused-ring (bicyclic) bond motifs is 3. The van der Waals surface area contributed by atoms with Gasteiger partial charge in [-0.15, -0.1) is 0 Å². The van der Waals surface area contributed by atoms with Crippen LogP contribution < -0.4 is 20.7 Å². The minimum atomic E-state index is -2.97. The fourth-order valence-electron chi connectivity index (χ4n) is 7.47. The van der Waals surface area contributed by atoms with Gasteiger partial charge in [0.05, 0.1) is 33.9 Å². The van der Waals surface area contributed by atoms with Crippen LogP contribution in [-0.4, -0.2) is 12.6 Å². The van der Waals surface area contributed by atoms with Crippen LogP contribution in [0.15, 0.2) is 176 Å². The fourth-order valence-corrected chi connectivity index (χ4v) is 12.4. The summed E-state index contributed by atoms with van der Waals surface area (Å²) in [7, 11) is -2.97. The second-order valence-corrected chi connectivity index (χ2v) is 15.7. The number of benzene rings is 7. The Morgan fingerprint density at radius 2 is 0.896 bits per heavy atom. The minimum absolute atomic E-state index is 0.451. The van der Waals surface area contributed by atoms with Gasteiger partial charge in [-0.2, -0.15) is 10.5 Å². The van der Waals surface area contributed by atoms with Crippen molar-refractivity contribution in [3.8, 4) is 29.0 Å². The lowest BCUT2D eigenvalue weighted by atomic mass is 9.97. The molecule has 7 aromatic carbocycles. The van der Waals surface area contributed by atoms with Crippen molar-refractivity contribution in [3.05, 3.63) is 187 Å². The van der Waals surface area contributed by atoms with E-state index in [0.717, 1.165) is 38.6 Å². The van der Waals surface area contributed by atoms with Crippen molar-refractivity contribution in [1.82, 2.24) is 4.57 Å². The van der Waals surface area contributed by atoms with Crippen LogP contribution in [0.5, 0.6) is 0 Å². The number of rotatable bonds is 6. The summed E-state index contributed by atoms with van der Waals surface area (Å²) in [5, 5.41) is 28.2. The quantitative estimate of drug-likeness (QED) is 0.141. The van der Waals surface area contributed by atoms with Crippen LogP contribution >= 0.6 is 0 Å². The van der Waals surface area contributed by atoms with Crippen LogP contribution in [0.4, 0.5) is 0 Å². The van der Waals surface area contributed by atoms with Crippen molar-refractivity contribution in [3.63, 3.8) is 0 Å². The van der Waals surface area contributed by atoms with Crippen molar-refractivity contribution in [2.75, 3.05) is 0 Å². The monoisotopic (exact) mass is 627 g/mol. The topological polar surface area (TPSA) is 52.5 Å². The molecule has 0 aliphatic heterocycles. The Morgan fingerprint density at radius 1 is 0.438 bits per heavy atom. The first-order valence-electron chi connectivity index (χ1n) is 16.0. The third-order valence-electron chi connectivity index (χ3n) is 9.40. The number of nitrogens with zero attached hydrogens (tertiary/aromatic N) is 3. The van der Waals surface area contributed by atoms with E-state index >= 15 is 0 Å². The average molecular weight is 628 g/mol. The molecule has 0 fully saturated rings. The number of aromatic nitrogens is 1. The summed E-state index contributed by atoms with van der Waals surface area (Å²) >= 11 is 0. The highest BCUT2D eigenvalue weighted by atomic mass is 28.3. The van der Waals surface area contributed by atoms with E-state index in [9.17, 15) is 10.5 Å². The van der Waals surface area contributed by atoms with E-state index in [1.807, 2.05) is 18.2 Å². The molecule has 0 bridgehead atoms. The molecule has 8 rings (SSSR count). The van der Waals surface area contributed by atoms with E-state index in [0.29, 0.717) is 11.1 Å². The molecule has 0 atom stereocenters. The number of para-hydroxylation sites is 2. The molecule has 224 valence electrons. The summed E-state index contributed by atoms with van der Waals surface area (Å²) in [4.78, 5) is 0. The zero-order valence-electron chi connectivity index (χ0n) is 26.1. The summed E-state index contributed by atoms with van der Waals surface area (Å²) in [6, 6.07) is 66.3. The van der Waals surface area contributed by atoms with E-state index < -0.39 is 8.07 Å². The summed E-state index contributed by atoms with van der Waals surface area (Å²) in [6.07, 6.45) is 0. The molecule has 0 aliphatic carbocycles. The molecule has 0 unspecified atom stereocenters. The van der Waals surface area contributed by atoms with Crippen LogP contribution in [0, 0.1) is 22.7 Å². The zero-order valence-corrected chi connectivity index (χ0v) is 27.1. The highest BCUT2D eigenvalue weighted by molar-refractivity contribution is 7.20. The number of nitriles is 2. The molecule has 0 saturated carbocycles. The molecule has 48 heavy (non-hydrogen) atoms. The molecule has 0 aliphatic rings.